The zero-order valence-electron chi connectivity index (χ0n) is 13.1. The highest BCUT2D eigenvalue weighted by Gasteiger charge is 2.17. The predicted molar refractivity (Wildman–Crippen MR) is 91.4 cm³/mol. The lowest BCUT2D eigenvalue weighted by Gasteiger charge is -2.21. The summed E-state index contributed by atoms with van der Waals surface area (Å²) in [6.45, 7) is 2.92. The van der Waals surface area contributed by atoms with Crippen molar-refractivity contribution in [3.8, 4) is 0 Å². The van der Waals surface area contributed by atoms with Crippen molar-refractivity contribution >= 4 is 33.2 Å². The Hall–Kier alpha value is -2.09. The van der Waals surface area contributed by atoms with Crippen LogP contribution in [-0.2, 0) is 14.8 Å². The van der Waals surface area contributed by atoms with E-state index in [9.17, 15) is 18.4 Å². The minimum atomic E-state index is -3.72. The first kappa shape index (κ1) is 18.3. The van der Waals surface area contributed by atoms with Crippen LogP contribution in [0.4, 0.5) is 5.69 Å². The Morgan fingerprint density at radius 1 is 1.12 bits per heavy atom. The molecule has 0 saturated carbocycles. The number of halogens is 1. The van der Waals surface area contributed by atoms with E-state index < -0.39 is 22.0 Å². The molecule has 0 radical (unpaired) electrons. The van der Waals surface area contributed by atoms with E-state index in [2.05, 4.69) is 4.72 Å². The highest BCUT2D eigenvalue weighted by molar-refractivity contribution is 7.92. The van der Waals surface area contributed by atoms with Gasteiger partial charge in [0.05, 0.1) is 10.9 Å². The zero-order valence-corrected chi connectivity index (χ0v) is 14.7. The van der Waals surface area contributed by atoms with Gasteiger partial charge in [0, 0.05) is 17.6 Å². The van der Waals surface area contributed by atoms with Gasteiger partial charge in [-0.1, -0.05) is 23.7 Å². The highest BCUT2D eigenvalue weighted by atomic mass is 35.5. The molecule has 0 aliphatic heterocycles. The smallest absolute Gasteiger partial charge is 0.261 e. The summed E-state index contributed by atoms with van der Waals surface area (Å²) >= 11 is 5.75. The summed E-state index contributed by atoms with van der Waals surface area (Å²) < 4.78 is 27.0. The number of amides is 1. The van der Waals surface area contributed by atoms with Gasteiger partial charge in [0.25, 0.3) is 10.0 Å². The molecule has 0 aliphatic carbocycles. The fourth-order valence-corrected chi connectivity index (χ4v) is 3.26. The lowest BCUT2D eigenvalue weighted by atomic mass is 10.1. The van der Waals surface area contributed by atoms with Gasteiger partial charge in [0.1, 0.15) is 0 Å². The average molecular weight is 369 g/mol. The van der Waals surface area contributed by atoms with Gasteiger partial charge in [0.15, 0.2) is 0 Å². The van der Waals surface area contributed by atoms with Gasteiger partial charge in [-0.2, -0.15) is 0 Å². The summed E-state index contributed by atoms with van der Waals surface area (Å²) in [7, 11) is -3.72. The second kappa shape index (κ2) is 7.21. The summed E-state index contributed by atoms with van der Waals surface area (Å²) in [4.78, 5) is 11.3. The number of benzene rings is 2. The topological polar surface area (TPSA) is 86.7 Å². The summed E-state index contributed by atoms with van der Waals surface area (Å²) in [5.74, 6) is -0.477. The number of nitrogens with one attached hydrogen (secondary N) is 1. The minimum absolute atomic E-state index is 0.0995. The van der Waals surface area contributed by atoms with Gasteiger partial charge in [-0.15, -0.1) is 0 Å². The SMILES string of the molecule is CC(=O)N(O)C(C)c1ccc(NS(=O)(=O)c2ccc(Cl)cc2)cc1. The molecule has 2 aromatic rings. The van der Waals surface area contributed by atoms with E-state index in [1.165, 1.54) is 31.2 Å². The van der Waals surface area contributed by atoms with E-state index in [0.717, 1.165) is 0 Å². The van der Waals surface area contributed by atoms with Crippen LogP contribution in [0, 0.1) is 0 Å². The van der Waals surface area contributed by atoms with Crippen LogP contribution in [0.2, 0.25) is 5.02 Å². The van der Waals surface area contributed by atoms with Gasteiger partial charge in [-0.25, -0.2) is 13.5 Å². The maximum Gasteiger partial charge on any atom is 0.261 e. The van der Waals surface area contributed by atoms with Crippen LogP contribution < -0.4 is 4.72 Å². The molecule has 1 atom stereocenters. The van der Waals surface area contributed by atoms with Crippen LogP contribution in [0.5, 0.6) is 0 Å². The molecule has 1 amide bonds. The van der Waals surface area contributed by atoms with Gasteiger partial charge < -0.3 is 0 Å². The summed E-state index contributed by atoms with van der Waals surface area (Å²) in [5.41, 5.74) is 1.04. The Bertz CT molecular complexity index is 820. The second-order valence-electron chi connectivity index (χ2n) is 5.22. The Kier molecular flexibility index (Phi) is 5.48. The largest absolute Gasteiger partial charge is 0.285 e. The normalized spacial score (nSPS) is 12.5. The van der Waals surface area contributed by atoms with Crippen molar-refractivity contribution in [2.24, 2.45) is 0 Å². The van der Waals surface area contributed by atoms with Crippen molar-refractivity contribution in [3.63, 3.8) is 0 Å². The molecule has 0 fully saturated rings. The van der Waals surface area contributed by atoms with Gasteiger partial charge in [0.2, 0.25) is 5.91 Å². The summed E-state index contributed by atoms with van der Waals surface area (Å²) in [5, 5.41) is 10.7. The molecule has 2 aromatic carbocycles. The lowest BCUT2D eigenvalue weighted by Crippen LogP contribution is -2.27. The van der Waals surface area contributed by atoms with Crippen LogP contribution in [0.15, 0.2) is 53.4 Å². The van der Waals surface area contributed by atoms with Crippen LogP contribution in [0.25, 0.3) is 0 Å². The Morgan fingerprint density at radius 2 is 1.67 bits per heavy atom. The first-order chi connectivity index (χ1) is 11.2. The Balaban J connectivity index is 2.16. The number of rotatable bonds is 5. The Morgan fingerprint density at radius 3 is 2.17 bits per heavy atom. The molecule has 6 nitrogen and oxygen atoms in total. The molecular weight excluding hydrogens is 352 g/mol. The molecule has 0 saturated heterocycles. The maximum atomic E-state index is 12.3. The average Bonchev–Trinajstić information content (AvgIpc) is 2.54. The molecule has 0 aromatic heterocycles. The first-order valence-corrected chi connectivity index (χ1v) is 8.94. The zero-order chi connectivity index (χ0) is 17.9. The van der Waals surface area contributed by atoms with Gasteiger partial charge in [-0.3, -0.25) is 14.7 Å². The van der Waals surface area contributed by atoms with Crippen LogP contribution in [-0.4, -0.2) is 24.6 Å². The van der Waals surface area contributed by atoms with Crippen molar-refractivity contribution < 1.29 is 18.4 Å². The third-order valence-corrected chi connectivity index (χ3v) is 5.11. The standard InChI is InChI=1S/C16H17ClN2O4S/c1-11(19(21)12(2)20)13-3-7-15(8-4-13)18-24(22,23)16-9-5-14(17)6-10-16/h3-11,18,21H,1-2H3. The predicted octanol–water partition coefficient (Wildman–Crippen LogP) is 3.44. The number of hydrogen-bond donors (Lipinski definition) is 2. The number of anilines is 1. The number of nitrogens with zero attached hydrogens (tertiary/aromatic N) is 1. The third kappa shape index (κ3) is 4.25. The molecule has 0 bridgehead atoms. The number of carbonyl (C=O) groups excluding carboxylic acids is 1. The highest BCUT2D eigenvalue weighted by Crippen LogP contribution is 2.23. The van der Waals surface area contributed by atoms with E-state index in [1.54, 1.807) is 31.2 Å². The van der Waals surface area contributed by atoms with E-state index in [0.29, 0.717) is 21.3 Å². The molecule has 0 aliphatic rings. The molecule has 2 N–H and O–H groups in total. The molecule has 8 heteroatoms. The quantitative estimate of drug-likeness (QED) is 0.625. The number of sulfonamides is 1. The van der Waals surface area contributed by atoms with E-state index >= 15 is 0 Å². The fraction of sp³-hybridized carbons (Fsp3) is 0.188. The summed E-state index contributed by atoms with van der Waals surface area (Å²) in [6, 6.07) is 11.7. The first-order valence-electron chi connectivity index (χ1n) is 7.08. The minimum Gasteiger partial charge on any atom is -0.285 e. The molecule has 0 spiro atoms. The monoisotopic (exact) mass is 368 g/mol. The van der Waals surface area contributed by atoms with E-state index in [-0.39, 0.29) is 4.90 Å². The number of hydrogen-bond acceptors (Lipinski definition) is 4. The molecule has 24 heavy (non-hydrogen) atoms. The van der Waals surface area contributed by atoms with Crippen molar-refractivity contribution in [2.75, 3.05) is 4.72 Å². The van der Waals surface area contributed by atoms with Crippen LogP contribution in [0.1, 0.15) is 25.5 Å². The van der Waals surface area contributed by atoms with Crippen LogP contribution >= 0.6 is 11.6 Å². The van der Waals surface area contributed by atoms with Crippen molar-refractivity contribution in [1.29, 1.82) is 0 Å². The second-order valence-corrected chi connectivity index (χ2v) is 7.34. The van der Waals surface area contributed by atoms with Crippen molar-refractivity contribution in [1.82, 2.24) is 5.06 Å². The molecule has 2 rings (SSSR count). The summed E-state index contributed by atoms with van der Waals surface area (Å²) in [6.07, 6.45) is 0. The van der Waals surface area contributed by atoms with Crippen molar-refractivity contribution in [3.05, 3.63) is 59.1 Å². The Labute approximate surface area is 145 Å². The molecular formula is C16H17ClN2O4S. The number of hydroxylamine groups is 2. The van der Waals surface area contributed by atoms with E-state index in [4.69, 9.17) is 11.6 Å². The molecule has 128 valence electrons. The fourth-order valence-electron chi connectivity index (χ4n) is 2.07. The van der Waals surface area contributed by atoms with E-state index in [1.807, 2.05) is 0 Å². The number of carbonyl (C=O) groups is 1. The van der Waals surface area contributed by atoms with Crippen LogP contribution in [0.3, 0.4) is 0 Å². The van der Waals surface area contributed by atoms with Crippen molar-refractivity contribution in [2.45, 2.75) is 24.8 Å². The molecule has 0 heterocycles. The lowest BCUT2D eigenvalue weighted by molar-refractivity contribution is -0.172. The van der Waals surface area contributed by atoms with Gasteiger partial charge in [-0.05, 0) is 48.9 Å². The third-order valence-electron chi connectivity index (χ3n) is 3.46. The van der Waals surface area contributed by atoms with Gasteiger partial charge >= 0.3 is 0 Å². The maximum absolute atomic E-state index is 12.3. The molecule has 1 unspecified atom stereocenters.